The van der Waals surface area contributed by atoms with Crippen LogP contribution in [0.2, 0.25) is 0 Å². The Labute approximate surface area is 171 Å². The topological polar surface area (TPSA) is 66.9 Å². The number of carbonyl (C=O) groups is 3. The first-order valence-corrected chi connectivity index (χ1v) is 9.74. The second kappa shape index (κ2) is 8.90. The molecule has 1 saturated heterocycles. The monoisotopic (exact) mass is 394 g/mol. The summed E-state index contributed by atoms with van der Waals surface area (Å²) in [4.78, 5) is 40.6. The van der Waals surface area contributed by atoms with E-state index >= 15 is 0 Å². The van der Waals surface area contributed by atoms with E-state index in [1.54, 1.807) is 11.9 Å². The molecule has 1 aliphatic rings. The number of amides is 2. The molecule has 0 unspecified atom stereocenters. The second-order valence-electron chi connectivity index (χ2n) is 7.32. The Balaban J connectivity index is 1.72. The molecule has 1 heterocycles. The highest BCUT2D eigenvalue weighted by Crippen LogP contribution is 2.37. The number of carbonyl (C=O) groups excluding carboxylic acids is 3. The number of likely N-dealkylation sites (N-methyl/N-ethyl adjacent to an activating group) is 1. The largest absolute Gasteiger partial charge is 0.455 e. The zero-order chi connectivity index (χ0) is 20.9. The van der Waals surface area contributed by atoms with Crippen molar-refractivity contribution in [2.24, 2.45) is 0 Å². The number of piperidine rings is 1. The summed E-state index contributed by atoms with van der Waals surface area (Å²) in [7, 11) is 1.66. The highest BCUT2D eigenvalue weighted by atomic mass is 16.5. The molecule has 0 atom stereocenters. The summed E-state index contributed by atoms with van der Waals surface area (Å²) in [5.41, 5.74) is 0.747. The lowest BCUT2D eigenvalue weighted by Crippen LogP contribution is -2.49. The van der Waals surface area contributed by atoms with Gasteiger partial charge in [0.25, 0.3) is 5.91 Å². The molecule has 2 amide bonds. The minimum atomic E-state index is -0.848. The van der Waals surface area contributed by atoms with Gasteiger partial charge in [-0.1, -0.05) is 48.5 Å². The van der Waals surface area contributed by atoms with Crippen molar-refractivity contribution in [3.63, 3.8) is 0 Å². The predicted octanol–water partition coefficient (Wildman–Crippen LogP) is 2.77. The number of likely N-dealkylation sites (tertiary alicyclic amines) is 1. The second-order valence-corrected chi connectivity index (χ2v) is 7.32. The Morgan fingerprint density at radius 2 is 1.52 bits per heavy atom. The van der Waals surface area contributed by atoms with Gasteiger partial charge in [0.2, 0.25) is 5.91 Å². The summed E-state index contributed by atoms with van der Waals surface area (Å²) in [6.07, 6.45) is 0.941. The van der Waals surface area contributed by atoms with Gasteiger partial charge in [0.1, 0.15) is 0 Å². The Hall–Kier alpha value is -3.15. The van der Waals surface area contributed by atoms with Crippen molar-refractivity contribution in [1.82, 2.24) is 4.90 Å². The van der Waals surface area contributed by atoms with Crippen LogP contribution in [0.5, 0.6) is 0 Å². The molecule has 1 aliphatic heterocycles. The van der Waals surface area contributed by atoms with Crippen molar-refractivity contribution in [1.29, 1.82) is 0 Å². The number of benzene rings is 2. The number of rotatable bonds is 5. The summed E-state index contributed by atoms with van der Waals surface area (Å²) in [6.45, 7) is 2.18. The van der Waals surface area contributed by atoms with Gasteiger partial charge in [0.15, 0.2) is 6.61 Å². The summed E-state index contributed by atoms with van der Waals surface area (Å²) in [5.74, 6) is -0.713. The van der Waals surface area contributed by atoms with Crippen LogP contribution in [0.15, 0.2) is 60.7 Å². The van der Waals surface area contributed by atoms with Crippen molar-refractivity contribution >= 4 is 23.5 Å². The van der Waals surface area contributed by atoms with Crippen molar-refractivity contribution < 1.29 is 19.1 Å². The molecular formula is C23H26N2O4. The maximum absolute atomic E-state index is 13.2. The average Bonchev–Trinajstić information content (AvgIpc) is 2.77. The summed E-state index contributed by atoms with van der Waals surface area (Å²) in [5, 5.41) is 0. The van der Waals surface area contributed by atoms with Crippen molar-refractivity contribution in [3.8, 4) is 0 Å². The number of hydrogen-bond acceptors (Lipinski definition) is 4. The molecule has 0 bridgehead atoms. The van der Waals surface area contributed by atoms with Gasteiger partial charge in [-0.15, -0.1) is 0 Å². The number of nitrogens with zero attached hydrogens (tertiary/aromatic N) is 2. The first-order chi connectivity index (χ1) is 13.9. The number of anilines is 1. The van der Waals surface area contributed by atoms with Crippen LogP contribution in [0, 0.1) is 0 Å². The maximum atomic E-state index is 13.2. The van der Waals surface area contributed by atoms with Crippen LogP contribution in [0.4, 0.5) is 5.69 Å². The molecule has 0 saturated carbocycles. The molecule has 6 nitrogen and oxygen atoms in total. The smallest absolute Gasteiger partial charge is 0.317 e. The fourth-order valence-corrected chi connectivity index (χ4v) is 3.73. The zero-order valence-electron chi connectivity index (χ0n) is 16.8. The maximum Gasteiger partial charge on any atom is 0.317 e. The Morgan fingerprint density at radius 3 is 2.07 bits per heavy atom. The quantitative estimate of drug-likeness (QED) is 0.732. The van der Waals surface area contributed by atoms with Crippen LogP contribution >= 0.6 is 0 Å². The minimum absolute atomic E-state index is 0.000285. The first-order valence-electron chi connectivity index (χ1n) is 9.74. The van der Waals surface area contributed by atoms with E-state index in [1.165, 1.54) is 11.8 Å². The lowest BCUT2D eigenvalue weighted by atomic mass is 9.72. The molecular weight excluding hydrogens is 368 g/mol. The molecule has 0 aromatic heterocycles. The predicted molar refractivity (Wildman–Crippen MR) is 110 cm³/mol. The van der Waals surface area contributed by atoms with E-state index in [9.17, 15) is 14.4 Å². The van der Waals surface area contributed by atoms with Crippen LogP contribution < -0.4 is 4.90 Å². The average molecular weight is 394 g/mol. The molecule has 0 N–H and O–H groups in total. The van der Waals surface area contributed by atoms with Gasteiger partial charge in [-0.25, -0.2) is 0 Å². The summed E-state index contributed by atoms with van der Waals surface area (Å²) >= 11 is 0. The van der Waals surface area contributed by atoms with Crippen LogP contribution in [-0.4, -0.2) is 49.4 Å². The van der Waals surface area contributed by atoms with Crippen LogP contribution in [0.3, 0.4) is 0 Å². The van der Waals surface area contributed by atoms with Crippen LogP contribution in [-0.2, 0) is 24.5 Å². The molecule has 29 heavy (non-hydrogen) atoms. The van der Waals surface area contributed by atoms with Crippen molar-refractivity contribution in [3.05, 3.63) is 66.2 Å². The molecule has 1 fully saturated rings. The van der Waals surface area contributed by atoms with Gasteiger partial charge >= 0.3 is 5.97 Å². The molecule has 3 rings (SSSR count). The molecule has 0 aliphatic carbocycles. The normalized spacial score (nSPS) is 15.4. The van der Waals surface area contributed by atoms with Gasteiger partial charge in [-0.3, -0.25) is 14.4 Å². The number of hydrogen-bond donors (Lipinski definition) is 0. The van der Waals surface area contributed by atoms with E-state index < -0.39 is 11.4 Å². The molecule has 2 aromatic rings. The lowest BCUT2D eigenvalue weighted by molar-refractivity contribution is -0.156. The van der Waals surface area contributed by atoms with Crippen molar-refractivity contribution in [2.45, 2.75) is 25.2 Å². The third-order valence-corrected chi connectivity index (χ3v) is 5.62. The van der Waals surface area contributed by atoms with E-state index in [-0.39, 0.29) is 18.4 Å². The lowest BCUT2D eigenvalue weighted by Gasteiger charge is -2.40. The van der Waals surface area contributed by atoms with Gasteiger partial charge in [0, 0.05) is 32.7 Å². The molecule has 0 radical (unpaired) electrons. The molecule has 6 heteroatoms. The third-order valence-electron chi connectivity index (χ3n) is 5.62. The Morgan fingerprint density at radius 1 is 0.966 bits per heavy atom. The highest BCUT2D eigenvalue weighted by Gasteiger charge is 2.45. The van der Waals surface area contributed by atoms with E-state index in [0.29, 0.717) is 25.9 Å². The fourth-order valence-electron chi connectivity index (χ4n) is 3.73. The highest BCUT2D eigenvalue weighted by molar-refractivity contribution is 5.95. The Bertz CT molecular complexity index is 859. The van der Waals surface area contributed by atoms with Gasteiger partial charge in [-0.2, -0.15) is 0 Å². The molecule has 0 spiro atoms. The van der Waals surface area contributed by atoms with Gasteiger partial charge in [0.05, 0.1) is 5.41 Å². The van der Waals surface area contributed by atoms with Crippen LogP contribution in [0.1, 0.15) is 25.3 Å². The summed E-state index contributed by atoms with van der Waals surface area (Å²) < 4.78 is 5.51. The van der Waals surface area contributed by atoms with Gasteiger partial charge in [-0.05, 0) is 30.5 Å². The SMILES string of the molecule is CC(=O)N1CCC(C(=O)OCC(=O)N(C)c2ccccc2)(c2ccccc2)CC1. The van der Waals surface area contributed by atoms with E-state index in [0.717, 1.165) is 11.3 Å². The van der Waals surface area contributed by atoms with Crippen molar-refractivity contribution in [2.75, 3.05) is 31.6 Å². The zero-order valence-corrected chi connectivity index (χ0v) is 16.8. The van der Waals surface area contributed by atoms with Gasteiger partial charge < -0.3 is 14.5 Å². The first kappa shape index (κ1) is 20.6. The van der Waals surface area contributed by atoms with E-state index in [4.69, 9.17) is 4.74 Å². The van der Waals surface area contributed by atoms with E-state index in [2.05, 4.69) is 0 Å². The minimum Gasteiger partial charge on any atom is -0.455 e. The fraction of sp³-hybridized carbons (Fsp3) is 0.348. The van der Waals surface area contributed by atoms with E-state index in [1.807, 2.05) is 60.7 Å². The number of para-hydroxylation sites is 1. The molecule has 2 aromatic carbocycles. The molecule has 152 valence electrons. The standard InChI is InChI=1S/C23H26N2O4/c1-18(26)25-15-13-23(14-16-25,19-9-5-3-6-10-19)22(28)29-17-21(27)24(2)20-11-7-4-8-12-20/h3-12H,13-17H2,1-2H3. The Kier molecular flexibility index (Phi) is 6.32. The number of ether oxygens (including phenoxy) is 1. The number of esters is 1. The van der Waals surface area contributed by atoms with Crippen LogP contribution in [0.25, 0.3) is 0 Å². The summed E-state index contributed by atoms with van der Waals surface area (Å²) in [6, 6.07) is 18.7. The third kappa shape index (κ3) is 4.47.